The van der Waals surface area contributed by atoms with Crippen molar-refractivity contribution in [2.75, 3.05) is 18.1 Å². The van der Waals surface area contributed by atoms with Crippen molar-refractivity contribution < 1.29 is 27.6 Å². The highest BCUT2D eigenvalue weighted by molar-refractivity contribution is 7.91. The van der Waals surface area contributed by atoms with Crippen LogP contribution in [0.5, 0.6) is 5.75 Å². The molecule has 22 heavy (non-hydrogen) atoms. The van der Waals surface area contributed by atoms with E-state index in [-0.39, 0.29) is 34.4 Å². The number of halogens is 1. The Morgan fingerprint density at radius 1 is 1.45 bits per heavy atom. The van der Waals surface area contributed by atoms with Gasteiger partial charge in [0.15, 0.2) is 16.4 Å². The number of benzene rings is 1. The first kappa shape index (κ1) is 16.5. The molecule has 0 saturated carbocycles. The lowest BCUT2D eigenvalue weighted by Gasteiger charge is -2.11. The van der Waals surface area contributed by atoms with Crippen LogP contribution in [0.1, 0.15) is 6.42 Å². The maximum Gasteiger partial charge on any atom is 0.344 e. The predicted octanol–water partition coefficient (Wildman–Crippen LogP) is 1.36. The van der Waals surface area contributed by atoms with Gasteiger partial charge in [-0.2, -0.15) is 0 Å². The van der Waals surface area contributed by atoms with E-state index in [2.05, 4.69) is 0 Å². The summed E-state index contributed by atoms with van der Waals surface area (Å²) in [5.74, 6) is -0.809. The van der Waals surface area contributed by atoms with Crippen molar-refractivity contribution in [1.29, 1.82) is 0 Å². The first-order valence-electron chi connectivity index (χ1n) is 6.23. The highest BCUT2D eigenvalue weighted by Crippen LogP contribution is 2.28. The summed E-state index contributed by atoms with van der Waals surface area (Å²) in [4.78, 5) is 21.5. The standard InChI is InChI=1S/C12H12ClNO7S/c13-10-5-8(14(16)17)1-2-11(10)20-6-12(15)21-9-3-4-22(18,19)7-9/h1-2,5,9H,3-4,6-7H2/t9-/m1/s1. The van der Waals surface area contributed by atoms with E-state index in [1.165, 1.54) is 12.1 Å². The van der Waals surface area contributed by atoms with Gasteiger partial charge in [-0.1, -0.05) is 11.6 Å². The number of carbonyl (C=O) groups is 1. The molecular weight excluding hydrogens is 338 g/mol. The van der Waals surface area contributed by atoms with Crippen molar-refractivity contribution in [2.24, 2.45) is 0 Å². The van der Waals surface area contributed by atoms with Gasteiger partial charge in [0.25, 0.3) is 5.69 Å². The van der Waals surface area contributed by atoms with E-state index in [0.29, 0.717) is 0 Å². The summed E-state index contributed by atoms with van der Waals surface area (Å²) in [5.41, 5.74) is -0.198. The number of carbonyl (C=O) groups excluding carboxylic acids is 1. The highest BCUT2D eigenvalue weighted by Gasteiger charge is 2.30. The summed E-state index contributed by atoms with van der Waals surface area (Å²) >= 11 is 5.80. The van der Waals surface area contributed by atoms with Crippen LogP contribution < -0.4 is 4.74 Å². The van der Waals surface area contributed by atoms with Crippen LogP contribution >= 0.6 is 11.6 Å². The van der Waals surface area contributed by atoms with Crippen molar-refractivity contribution in [1.82, 2.24) is 0 Å². The third kappa shape index (κ3) is 4.31. The number of non-ortho nitro benzene ring substituents is 1. The monoisotopic (exact) mass is 349 g/mol. The predicted molar refractivity (Wildman–Crippen MR) is 76.8 cm³/mol. The smallest absolute Gasteiger partial charge is 0.344 e. The molecule has 1 aliphatic rings. The van der Waals surface area contributed by atoms with E-state index in [0.717, 1.165) is 6.07 Å². The molecule has 0 bridgehead atoms. The van der Waals surface area contributed by atoms with Crippen molar-refractivity contribution >= 4 is 33.1 Å². The number of esters is 1. The zero-order chi connectivity index (χ0) is 16.3. The number of ether oxygens (including phenoxy) is 2. The van der Waals surface area contributed by atoms with E-state index in [4.69, 9.17) is 21.1 Å². The van der Waals surface area contributed by atoms with Gasteiger partial charge in [-0.25, -0.2) is 13.2 Å². The molecule has 0 unspecified atom stereocenters. The number of nitro groups is 1. The largest absolute Gasteiger partial charge is 0.480 e. The summed E-state index contributed by atoms with van der Waals surface area (Å²) in [6.07, 6.45) is -0.389. The molecule has 1 aromatic carbocycles. The fourth-order valence-corrected chi connectivity index (χ4v) is 3.75. The second-order valence-electron chi connectivity index (χ2n) is 4.68. The van der Waals surface area contributed by atoms with Crippen LogP contribution in [0.4, 0.5) is 5.69 Å². The van der Waals surface area contributed by atoms with E-state index in [1.54, 1.807) is 0 Å². The molecule has 8 nitrogen and oxygen atoms in total. The van der Waals surface area contributed by atoms with Crippen LogP contribution in [0.3, 0.4) is 0 Å². The Morgan fingerprint density at radius 3 is 2.73 bits per heavy atom. The fraction of sp³-hybridized carbons (Fsp3) is 0.417. The van der Waals surface area contributed by atoms with Gasteiger partial charge < -0.3 is 9.47 Å². The SMILES string of the molecule is O=C(COc1ccc([N+](=O)[O-])cc1Cl)O[C@@H]1CCS(=O)(=O)C1. The summed E-state index contributed by atoms with van der Waals surface area (Å²) in [5, 5.41) is 10.6. The normalized spacial score (nSPS) is 19.6. The molecule has 0 radical (unpaired) electrons. The summed E-state index contributed by atoms with van der Waals surface area (Å²) in [6, 6.07) is 3.57. The van der Waals surface area contributed by atoms with E-state index >= 15 is 0 Å². The topological polar surface area (TPSA) is 113 Å². The molecule has 120 valence electrons. The first-order chi connectivity index (χ1) is 10.3. The molecule has 1 heterocycles. The maximum absolute atomic E-state index is 11.6. The molecule has 1 aromatic rings. The quantitative estimate of drug-likeness (QED) is 0.448. The molecule has 2 rings (SSSR count). The van der Waals surface area contributed by atoms with Gasteiger partial charge >= 0.3 is 5.97 Å². The number of rotatable bonds is 5. The molecule has 0 amide bonds. The number of hydrogen-bond donors (Lipinski definition) is 0. The zero-order valence-corrected chi connectivity index (χ0v) is 12.8. The van der Waals surface area contributed by atoms with Gasteiger partial charge in [0.1, 0.15) is 11.9 Å². The van der Waals surface area contributed by atoms with Crippen LogP contribution in [0.15, 0.2) is 18.2 Å². The maximum atomic E-state index is 11.6. The number of hydrogen-bond acceptors (Lipinski definition) is 7. The summed E-state index contributed by atoms with van der Waals surface area (Å²) in [7, 11) is -3.13. The second kappa shape index (κ2) is 6.49. The zero-order valence-electron chi connectivity index (χ0n) is 11.2. The molecule has 1 aliphatic heterocycles. The van der Waals surface area contributed by atoms with Gasteiger partial charge in [0.2, 0.25) is 0 Å². The molecule has 0 aromatic heterocycles. The van der Waals surface area contributed by atoms with Gasteiger partial charge in [-0.15, -0.1) is 0 Å². The third-order valence-corrected chi connectivity index (χ3v) is 4.99. The van der Waals surface area contributed by atoms with Crippen LogP contribution in [-0.4, -0.2) is 43.5 Å². The van der Waals surface area contributed by atoms with Gasteiger partial charge in [0, 0.05) is 12.1 Å². The lowest BCUT2D eigenvalue weighted by atomic mass is 10.3. The molecule has 10 heteroatoms. The minimum atomic E-state index is -3.13. The average molecular weight is 350 g/mol. The lowest BCUT2D eigenvalue weighted by molar-refractivity contribution is -0.384. The Hall–Kier alpha value is -1.87. The van der Waals surface area contributed by atoms with E-state index in [1.807, 2.05) is 0 Å². The Bertz CT molecular complexity index is 703. The van der Waals surface area contributed by atoms with Crippen molar-refractivity contribution in [2.45, 2.75) is 12.5 Å². The fourth-order valence-electron chi connectivity index (χ4n) is 1.93. The van der Waals surface area contributed by atoms with E-state index in [9.17, 15) is 23.3 Å². The molecule has 0 aliphatic carbocycles. The highest BCUT2D eigenvalue weighted by atomic mass is 35.5. The van der Waals surface area contributed by atoms with Crippen LogP contribution in [0.2, 0.25) is 5.02 Å². The van der Waals surface area contributed by atoms with Crippen molar-refractivity contribution in [3.63, 3.8) is 0 Å². The molecule has 1 atom stereocenters. The first-order valence-corrected chi connectivity index (χ1v) is 8.43. The second-order valence-corrected chi connectivity index (χ2v) is 7.31. The minimum Gasteiger partial charge on any atom is -0.480 e. The van der Waals surface area contributed by atoms with Gasteiger partial charge in [-0.3, -0.25) is 10.1 Å². The Morgan fingerprint density at radius 2 is 2.18 bits per heavy atom. The third-order valence-electron chi connectivity index (χ3n) is 2.96. The Balaban J connectivity index is 1.88. The average Bonchev–Trinajstić information content (AvgIpc) is 2.76. The van der Waals surface area contributed by atoms with Crippen molar-refractivity contribution in [3.05, 3.63) is 33.3 Å². The minimum absolute atomic E-state index is 0.0000153. The number of nitro benzene ring substituents is 1. The van der Waals surface area contributed by atoms with Crippen LogP contribution in [0.25, 0.3) is 0 Å². The lowest BCUT2D eigenvalue weighted by Crippen LogP contribution is -2.23. The molecule has 1 saturated heterocycles. The van der Waals surface area contributed by atoms with Crippen LogP contribution in [0, 0.1) is 10.1 Å². The molecule has 1 fully saturated rings. The summed E-state index contributed by atoms with van der Waals surface area (Å²) < 4.78 is 32.6. The van der Waals surface area contributed by atoms with Crippen molar-refractivity contribution in [3.8, 4) is 5.75 Å². The van der Waals surface area contributed by atoms with Gasteiger partial charge in [0.05, 0.1) is 21.5 Å². The van der Waals surface area contributed by atoms with E-state index < -0.39 is 33.4 Å². The van der Waals surface area contributed by atoms with Crippen LogP contribution in [-0.2, 0) is 19.4 Å². The summed E-state index contributed by atoms with van der Waals surface area (Å²) in [6.45, 7) is -0.464. The molecule has 0 spiro atoms. The molecular formula is C12H12ClNO7S. The Labute approximate surface area is 131 Å². The number of sulfone groups is 1. The molecule has 0 N–H and O–H groups in total. The number of nitrogens with zero attached hydrogens (tertiary/aromatic N) is 1. The Kier molecular flexibility index (Phi) is 4.87. The van der Waals surface area contributed by atoms with Gasteiger partial charge in [-0.05, 0) is 12.5 Å².